The first kappa shape index (κ1) is 17.3. The van der Waals surface area contributed by atoms with Gasteiger partial charge in [-0.05, 0) is 49.6 Å². The average Bonchev–Trinajstić information content (AvgIpc) is 3.30. The Hall–Kier alpha value is -3.12. The van der Waals surface area contributed by atoms with E-state index in [1.165, 1.54) is 0 Å². The molecule has 0 spiro atoms. The summed E-state index contributed by atoms with van der Waals surface area (Å²) < 4.78 is 11.2. The summed E-state index contributed by atoms with van der Waals surface area (Å²) in [5.74, 6) is -0.604. The molecule has 1 atom stereocenters. The van der Waals surface area contributed by atoms with Gasteiger partial charge in [0.1, 0.15) is 17.4 Å². The number of carbonyl (C=O) groups excluding carboxylic acids is 2. The normalized spacial score (nSPS) is 16.4. The minimum Gasteiger partial charge on any atom is -0.449 e. The van der Waals surface area contributed by atoms with Crippen molar-refractivity contribution in [3.8, 4) is 0 Å². The number of aryl methyl sites for hydroxylation is 1. The van der Waals surface area contributed by atoms with E-state index < -0.39 is 12.0 Å². The van der Waals surface area contributed by atoms with Gasteiger partial charge in [-0.25, -0.2) is 0 Å². The Balaban J connectivity index is 1.66. The van der Waals surface area contributed by atoms with Gasteiger partial charge in [-0.3, -0.25) is 9.59 Å². The number of hydrogen-bond acceptors (Lipinski definition) is 4. The molecule has 1 aliphatic rings. The molecular formula is C21H20N2O4. The topological polar surface area (TPSA) is 80.6 Å². The van der Waals surface area contributed by atoms with Crippen molar-refractivity contribution in [2.24, 2.45) is 0 Å². The fraction of sp³-hybridized carbons (Fsp3) is 0.238. The summed E-state index contributed by atoms with van der Waals surface area (Å²) in [5, 5.41) is 6.34. The molecule has 0 saturated carbocycles. The van der Waals surface area contributed by atoms with Crippen molar-refractivity contribution in [1.29, 1.82) is 0 Å². The maximum absolute atomic E-state index is 12.8. The highest BCUT2D eigenvalue weighted by Gasteiger charge is 2.28. The highest BCUT2D eigenvalue weighted by Crippen LogP contribution is 2.32. The molecule has 27 heavy (non-hydrogen) atoms. The summed E-state index contributed by atoms with van der Waals surface area (Å²) in [4.78, 5) is 25.4. The lowest BCUT2D eigenvalue weighted by molar-refractivity contribution is -0.124. The predicted molar refractivity (Wildman–Crippen MR) is 103 cm³/mol. The second-order valence-corrected chi connectivity index (χ2v) is 6.62. The van der Waals surface area contributed by atoms with E-state index in [1.807, 2.05) is 43.3 Å². The van der Waals surface area contributed by atoms with E-state index in [2.05, 4.69) is 10.6 Å². The number of hydrogen-bond donors (Lipinski definition) is 2. The van der Waals surface area contributed by atoms with Crippen molar-refractivity contribution >= 4 is 34.2 Å². The fourth-order valence-electron chi connectivity index (χ4n) is 3.23. The van der Waals surface area contributed by atoms with Crippen LogP contribution in [0.5, 0.6) is 0 Å². The minimum atomic E-state index is -0.494. The quantitative estimate of drug-likeness (QED) is 0.730. The van der Waals surface area contributed by atoms with Crippen molar-refractivity contribution in [1.82, 2.24) is 0 Å². The van der Waals surface area contributed by atoms with E-state index in [0.29, 0.717) is 35.4 Å². The lowest BCUT2D eigenvalue weighted by Crippen LogP contribution is -2.27. The Morgan fingerprint density at radius 3 is 2.70 bits per heavy atom. The molecule has 0 bridgehead atoms. The SMILES string of the molecule is Cc1cccc(NC(=O)c2oc3ccccc3c2NC(=O)[C@@H]2CCCO2)c1. The van der Waals surface area contributed by atoms with Gasteiger partial charge in [-0.15, -0.1) is 0 Å². The average molecular weight is 364 g/mol. The van der Waals surface area contributed by atoms with Crippen LogP contribution >= 0.6 is 0 Å². The van der Waals surface area contributed by atoms with Gasteiger partial charge in [0.05, 0.1) is 0 Å². The summed E-state index contributed by atoms with van der Waals surface area (Å²) in [7, 11) is 0. The monoisotopic (exact) mass is 364 g/mol. The highest BCUT2D eigenvalue weighted by atomic mass is 16.5. The van der Waals surface area contributed by atoms with Crippen molar-refractivity contribution in [3.63, 3.8) is 0 Å². The number of furan rings is 1. The first-order valence-electron chi connectivity index (χ1n) is 8.94. The van der Waals surface area contributed by atoms with E-state index in [4.69, 9.17) is 9.15 Å². The van der Waals surface area contributed by atoms with Crippen LogP contribution in [0.25, 0.3) is 11.0 Å². The molecule has 0 aliphatic carbocycles. The molecule has 1 saturated heterocycles. The third kappa shape index (κ3) is 3.57. The van der Waals surface area contributed by atoms with Crippen molar-refractivity contribution in [3.05, 3.63) is 59.9 Å². The molecule has 4 rings (SSSR count). The van der Waals surface area contributed by atoms with Gasteiger partial charge in [-0.1, -0.05) is 24.3 Å². The number of ether oxygens (including phenoxy) is 1. The van der Waals surface area contributed by atoms with Crippen LogP contribution in [0.4, 0.5) is 11.4 Å². The molecule has 2 heterocycles. The number of para-hydroxylation sites is 1. The van der Waals surface area contributed by atoms with Crippen LogP contribution in [0.15, 0.2) is 52.9 Å². The van der Waals surface area contributed by atoms with Crippen LogP contribution in [0, 0.1) is 6.92 Å². The first-order valence-corrected chi connectivity index (χ1v) is 8.94. The van der Waals surface area contributed by atoms with Gasteiger partial charge in [0.25, 0.3) is 11.8 Å². The number of benzene rings is 2. The zero-order chi connectivity index (χ0) is 18.8. The molecular weight excluding hydrogens is 344 g/mol. The molecule has 6 heteroatoms. The van der Waals surface area contributed by atoms with Crippen LogP contribution < -0.4 is 10.6 Å². The number of rotatable bonds is 4. The molecule has 6 nitrogen and oxygen atoms in total. The Bertz CT molecular complexity index is 1000. The maximum atomic E-state index is 12.8. The summed E-state index contributed by atoms with van der Waals surface area (Å²) in [6.45, 7) is 2.52. The zero-order valence-electron chi connectivity index (χ0n) is 15.0. The molecule has 2 N–H and O–H groups in total. The number of amides is 2. The summed E-state index contributed by atoms with van der Waals surface area (Å²) in [6.07, 6.45) is 1.03. The second kappa shape index (κ2) is 7.25. The van der Waals surface area contributed by atoms with E-state index in [1.54, 1.807) is 12.1 Å². The summed E-state index contributed by atoms with van der Waals surface area (Å²) in [5.41, 5.74) is 2.60. The zero-order valence-corrected chi connectivity index (χ0v) is 15.0. The second-order valence-electron chi connectivity index (χ2n) is 6.62. The van der Waals surface area contributed by atoms with Crippen LogP contribution in [-0.4, -0.2) is 24.5 Å². The van der Waals surface area contributed by atoms with Crippen molar-refractivity contribution < 1.29 is 18.7 Å². The lowest BCUT2D eigenvalue weighted by atomic mass is 10.2. The summed E-state index contributed by atoms with van der Waals surface area (Å²) >= 11 is 0. The van der Waals surface area contributed by atoms with Crippen molar-refractivity contribution in [2.75, 3.05) is 17.2 Å². The van der Waals surface area contributed by atoms with Crippen molar-refractivity contribution in [2.45, 2.75) is 25.9 Å². The number of nitrogens with one attached hydrogen (secondary N) is 2. The lowest BCUT2D eigenvalue weighted by Gasteiger charge is -2.11. The fourth-order valence-corrected chi connectivity index (χ4v) is 3.23. The van der Waals surface area contributed by atoms with Gasteiger partial charge in [0.15, 0.2) is 0 Å². The minimum absolute atomic E-state index is 0.0732. The number of carbonyl (C=O) groups is 2. The van der Waals surface area contributed by atoms with Gasteiger partial charge in [0.2, 0.25) is 5.76 Å². The molecule has 1 aliphatic heterocycles. The number of fused-ring (bicyclic) bond motifs is 1. The standard InChI is InChI=1S/C21H20N2O4/c1-13-6-4-7-14(12-13)22-21(25)19-18(15-8-2-3-9-16(15)27-19)23-20(24)17-10-5-11-26-17/h2-4,6-9,12,17H,5,10-11H2,1H3,(H,22,25)(H,23,24)/t17-/m0/s1. The Morgan fingerprint density at radius 1 is 1.07 bits per heavy atom. The van der Waals surface area contributed by atoms with Crippen LogP contribution in [0.2, 0.25) is 0 Å². The third-order valence-electron chi connectivity index (χ3n) is 4.55. The summed E-state index contributed by atoms with van der Waals surface area (Å²) in [6, 6.07) is 14.7. The predicted octanol–water partition coefficient (Wildman–Crippen LogP) is 4.11. The van der Waals surface area contributed by atoms with E-state index in [-0.39, 0.29) is 11.7 Å². The van der Waals surface area contributed by atoms with Crippen LogP contribution in [0.1, 0.15) is 29.0 Å². The Labute approximate surface area is 156 Å². The molecule has 2 aromatic carbocycles. The molecule has 138 valence electrons. The molecule has 3 aromatic rings. The Morgan fingerprint density at radius 2 is 1.93 bits per heavy atom. The van der Waals surface area contributed by atoms with Gasteiger partial charge in [-0.2, -0.15) is 0 Å². The van der Waals surface area contributed by atoms with E-state index in [9.17, 15) is 9.59 Å². The smallest absolute Gasteiger partial charge is 0.293 e. The van der Waals surface area contributed by atoms with Gasteiger partial charge >= 0.3 is 0 Å². The highest BCUT2D eigenvalue weighted by molar-refractivity contribution is 6.15. The molecule has 1 fully saturated rings. The maximum Gasteiger partial charge on any atom is 0.293 e. The Kier molecular flexibility index (Phi) is 4.64. The molecule has 0 unspecified atom stereocenters. The molecule has 0 radical (unpaired) electrons. The largest absolute Gasteiger partial charge is 0.449 e. The molecule has 2 amide bonds. The first-order chi connectivity index (χ1) is 13.1. The third-order valence-corrected chi connectivity index (χ3v) is 4.55. The van der Waals surface area contributed by atoms with Gasteiger partial charge < -0.3 is 19.8 Å². The number of anilines is 2. The van der Waals surface area contributed by atoms with Crippen LogP contribution in [0.3, 0.4) is 0 Å². The van der Waals surface area contributed by atoms with E-state index in [0.717, 1.165) is 12.0 Å². The van der Waals surface area contributed by atoms with E-state index >= 15 is 0 Å². The van der Waals surface area contributed by atoms with Gasteiger partial charge in [0, 0.05) is 17.7 Å². The molecule has 1 aromatic heterocycles. The van der Waals surface area contributed by atoms with Crippen LogP contribution in [-0.2, 0) is 9.53 Å².